The Morgan fingerprint density at radius 1 is 1.00 bits per heavy atom. The fourth-order valence-corrected chi connectivity index (χ4v) is 4.33. The Balaban J connectivity index is 3.30. The van der Waals surface area contributed by atoms with E-state index in [1.807, 2.05) is 0 Å². The van der Waals surface area contributed by atoms with Gasteiger partial charge in [0, 0.05) is 0 Å². The van der Waals surface area contributed by atoms with Crippen molar-refractivity contribution in [2.24, 2.45) is 0 Å². The van der Waals surface area contributed by atoms with Crippen molar-refractivity contribution in [3.05, 3.63) is 29.3 Å². The van der Waals surface area contributed by atoms with Gasteiger partial charge in [0.25, 0.3) is 0 Å². The minimum atomic E-state index is -1.66. The molecular weight excluding hydrogens is 241 g/mol. The van der Waals surface area contributed by atoms with Gasteiger partial charge in [0.1, 0.15) is 0 Å². The number of hydrogen-bond acceptors (Lipinski definition) is 0. The molecule has 1 rings (SSSR count). The van der Waals surface area contributed by atoms with Gasteiger partial charge in [-0.2, -0.15) is 0 Å². The molecule has 0 fully saturated rings. The predicted molar refractivity (Wildman–Crippen MR) is 72.9 cm³/mol. The van der Waals surface area contributed by atoms with Crippen LogP contribution in [-0.2, 0) is 5.41 Å². The van der Waals surface area contributed by atoms with Crippen molar-refractivity contribution in [3.63, 3.8) is 0 Å². The summed E-state index contributed by atoms with van der Waals surface area (Å²) in [6, 6.07) is 7.09. The summed E-state index contributed by atoms with van der Waals surface area (Å²) in [5, 5.41) is 0. The van der Waals surface area contributed by atoms with Crippen molar-refractivity contribution in [2.75, 3.05) is 0 Å². The molecule has 0 heterocycles. The van der Waals surface area contributed by atoms with E-state index in [1.165, 1.54) is 11.1 Å². The molecule has 84 valence electrons. The zero-order chi connectivity index (χ0) is 11.9. The number of benzene rings is 1. The molecule has 0 aliphatic carbocycles. The van der Waals surface area contributed by atoms with Gasteiger partial charge in [0.2, 0.25) is 0 Å². The minimum absolute atomic E-state index is 0.271. The average Bonchev–Trinajstić information content (AvgIpc) is 2.00. The fraction of sp³-hybridized carbons (Fsp3) is 0.571. The van der Waals surface area contributed by atoms with Gasteiger partial charge in [-0.1, -0.05) is 0 Å². The van der Waals surface area contributed by atoms with E-state index in [1.54, 1.807) is 4.40 Å². The molecule has 0 amide bonds. The topological polar surface area (TPSA) is 0 Å². The Kier molecular flexibility index (Phi) is 3.40. The first kappa shape index (κ1) is 12.8. The van der Waals surface area contributed by atoms with Crippen LogP contribution in [0.1, 0.15) is 31.9 Å². The maximum atomic E-state index is 2.46. The summed E-state index contributed by atoms with van der Waals surface area (Å²) in [5.41, 5.74) is 3.21. The van der Waals surface area contributed by atoms with Crippen LogP contribution in [0.5, 0.6) is 0 Å². The first-order valence-corrected chi connectivity index (χ1v) is 13.1. The summed E-state index contributed by atoms with van der Waals surface area (Å²) in [5.74, 6) is 7.37. The Labute approximate surface area is 97.5 Å². The summed E-state index contributed by atoms with van der Waals surface area (Å²) in [4.78, 5) is 0. The first-order chi connectivity index (χ1) is 6.62. The third-order valence-electron chi connectivity index (χ3n) is 2.91. The van der Waals surface area contributed by atoms with Crippen molar-refractivity contribution in [2.45, 2.75) is 50.4 Å². The van der Waals surface area contributed by atoms with Gasteiger partial charge in [0.15, 0.2) is 0 Å². The van der Waals surface area contributed by atoms with Crippen LogP contribution < -0.4 is 4.40 Å². The van der Waals surface area contributed by atoms with Gasteiger partial charge < -0.3 is 0 Å². The zero-order valence-corrected chi connectivity index (χ0v) is 13.3. The van der Waals surface area contributed by atoms with E-state index in [-0.39, 0.29) is 5.41 Å². The molecule has 1 aromatic carbocycles. The monoisotopic (exact) mass is 266 g/mol. The molecule has 1 aromatic rings. The van der Waals surface area contributed by atoms with E-state index in [2.05, 4.69) is 63.2 Å². The van der Waals surface area contributed by atoms with Gasteiger partial charge in [-0.3, -0.25) is 0 Å². The molecule has 0 aromatic heterocycles. The molecule has 0 nitrogen and oxygen atoms in total. The van der Waals surface area contributed by atoms with Gasteiger partial charge in [-0.15, -0.1) is 0 Å². The van der Waals surface area contributed by atoms with Crippen LogP contribution in [-0.4, -0.2) is 13.3 Å². The fourth-order valence-electron chi connectivity index (χ4n) is 1.90. The van der Waals surface area contributed by atoms with E-state index in [9.17, 15) is 0 Å². The third-order valence-corrected chi connectivity index (χ3v) is 7.20. The van der Waals surface area contributed by atoms with Crippen molar-refractivity contribution in [1.82, 2.24) is 0 Å². The summed E-state index contributed by atoms with van der Waals surface area (Å²) < 4.78 is 1.62. The molecule has 0 unspecified atom stereocenters. The summed E-state index contributed by atoms with van der Waals surface area (Å²) in [6.07, 6.45) is 0. The van der Waals surface area contributed by atoms with E-state index >= 15 is 0 Å². The van der Waals surface area contributed by atoms with Crippen molar-refractivity contribution in [3.8, 4) is 0 Å². The molecule has 0 saturated heterocycles. The van der Waals surface area contributed by atoms with Crippen LogP contribution in [0.2, 0.25) is 17.3 Å². The quantitative estimate of drug-likeness (QED) is 0.677. The molecule has 0 spiro atoms. The van der Waals surface area contributed by atoms with Gasteiger partial charge in [-0.25, -0.2) is 0 Å². The molecule has 0 bridgehead atoms. The predicted octanol–water partition coefficient (Wildman–Crippen LogP) is 3.84. The number of aryl methyl sites for hydroxylation is 1. The zero-order valence-electron chi connectivity index (χ0n) is 11.2. The van der Waals surface area contributed by atoms with Crippen LogP contribution in [0.15, 0.2) is 18.2 Å². The van der Waals surface area contributed by atoms with Crippen LogP contribution in [0.3, 0.4) is 0 Å². The Bertz CT molecular complexity index is 351. The molecule has 0 aliphatic rings. The van der Waals surface area contributed by atoms with Gasteiger partial charge >= 0.3 is 97.4 Å². The molecule has 15 heavy (non-hydrogen) atoms. The summed E-state index contributed by atoms with van der Waals surface area (Å²) >= 11 is -1.66. The average molecular weight is 265 g/mol. The molecule has 0 aliphatic heterocycles. The van der Waals surface area contributed by atoms with E-state index < -0.39 is 13.3 Å². The van der Waals surface area contributed by atoms with Gasteiger partial charge in [-0.05, 0) is 0 Å². The van der Waals surface area contributed by atoms with Crippen LogP contribution in [0, 0.1) is 6.92 Å². The third kappa shape index (κ3) is 3.11. The van der Waals surface area contributed by atoms with Crippen molar-refractivity contribution in [1.29, 1.82) is 0 Å². The first-order valence-electron chi connectivity index (χ1n) is 5.74. The Hall–Kier alpha value is -0.237. The molecular formula is C14H24Ge. The van der Waals surface area contributed by atoms with Crippen LogP contribution in [0.25, 0.3) is 0 Å². The Morgan fingerprint density at radius 3 is 1.93 bits per heavy atom. The number of rotatable bonds is 1. The van der Waals surface area contributed by atoms with E-state index in [0.717, 1.165) is 0 Å². The van der Waals surface area contributed by atoms with Crippen LogP contribution in [0.4, 0.5) is 0 Å². The number of hydrogen-bond donors (Lipinski definition) is 0. The second-order valence-electron chi connectivity index (χ2n) is 6.53. The van der Waals surface area contributed by atoms with Crippen molar-refractivity contribution >= 4 is 17.7 Å². The normalized spacial score (nSPS) is 13.0. The summed E-state index contributed by atoms with van der Waals surface area (Å²) in [6.45, 7) is 9.12. The van der Waals surface area contributed by atoms with E-state index in [0.29, 0.717) is 0 Å². The molecule has 0 radical (unpaired) electrons. The molecule has 0 N–H and O–H groups in total. The SMILES string of the molecule is Cc1cc[c]([Ge]([CH3])([CH3])[CH3])cc1C(C)(C)C. The molecule has 0 atom stereocenters. The van der Waals surface area contributed by atoms with E-state index in [4.69, 9.17) is 0 Å². The van der Waals surface area contributed by atoms with Crippen LogP contribution >= 0.6 is 0 Å². The molecule has 0 saturated carbocycles. The summed E-state index contributed by atoms with van der Waals surface area (Å²) in [7, 11) is 0. The maximum absolute atomic E-state index is 2.46. The molecule has 1 heteroatoms. The second-order valence-corrected chi connectivity index (χ2v) is 17.2. The van der Waals surface area contributed by atoms with Crippen molar-refractivity contribution < 1.29 is 0 Å². The van der Waals surface area contributed by atoms with Gasteiger partial charge in [0.05, 0.1) is 0 Å². The second kappa shape index (κ2) is 3.97. The Morgan fingerprint density at radius 2 is 1.53 bits per heavy atom. The standard InChI is InChI=1S/C14H24Ge/c1-11-8-9-12(15(5,6)7)10-13(11)14(2,3)4/h8-10H,1-7H3.